The SMILES string of the molecule is CCOc1ccc(N(CCCC(=O)NCCOc2cccc(C)c2C)S(C)(=O)=O)cc1. The van der Waals surface area contributed by atoms with E-state index in [9.17, 15) is 13.2 Å². The second kappa shape index (κ2) is 11.6. The highest BCUT2D eigenvalue weighted by atomic mass is 32.2. The summed E-state index contributed by atoms with van der Waals surface area (Å²) >= 11 is 0. The Morgan fingerprint density at radius 1 is 1.06 bits per heavy atom. The van der Waals surface area contributed by atoms with Crippen molar-refractivity contribution in [3.63, 3.8) is 0 Å². The van der Waals surface area contributed by atoms with Gasteiger partial charge in [0, 0.05) is 13.0 Å². The molecule has 0 fully saturated rings. The summed E-state index contributed by atoms with van der Waals surface area (Å²) in [6.07, 6.45) is 1.80. The average Bonchev–Trinajstić information content (AvgIpc) is 2.72. The van der Waals surface area contributed by atoms with Crippen LogP contribution in [0.15, 0.2) is 42.5 Å². The zero-order valence-corrected chi connectivity index (χ0v) is 19.5. The average molecular weight is 449 g/mol. The Morgan fingerprint density at radius 2 is 1.77 bits per heavy atom. The molecule has 8 heteroatoms. The van der Waals surface area contributed by atoms with Crippen molar-refractivity contribution in [2.45, 2.75) is 33.6 Å². The van der Waals surface area contributed by atoms with E-state index in [1.165, 1.54) is 4.31 Å². The van der Waals surface area contributed by atoms with E-state index in [2.05, 4.69) is 5.32 Å². The van der Waals surface area contributed by atoms with Gasteiger partial charge in [0.1, 0.15) is 18.1 Å². The molecule has 0 saturated heterocycles. The number of anilines is 1. The van der Waals surface area contributed by atoms with E-state index in [0.717, 1.165) is 23.1 Å². The molecule has 0 aliphatic rings. The highest BCUT2D eigenvalue weighted by Gasteiger charge is 2.17. The number of carbonyl (C=O) groups is 1. The zero-order valence-electron chi connectivity index (χ0n) is 18.7. The lowest BCUT2D eigenvalue weighted by Crippen LogP contribution is -2.32. The maximum Gasteiger partial charge on any atom is 0.232 e. The van der Waals surface area contributed by atoms with Crippen LogP contribution in [0, 0.1) is 13.8 Å². The minimum absolute atomic E-state index is 0.135. The fourth-order valence-electron chi connectivity index (χ4n) is 3.07. The van der Waals surface area contributed by atoms with Gasteiger partial charge in [0.25, 0.3) is 0 Å². The molecule has 0 saturated carbocycles. The second-order valence-electron chi connectivity index (χ2n) is 7.26. The van der Waals surface area contributed by atoms with Gasteiger partial charge in [0.2, 0.25) is 15.9 Å². The maximum atomic E-state index is 12.2. The van der Waals surface area contributed by atoms with Crippen molar-refractivity contribution in [1.82, 2.24) is 5.32 Å². The van der Waals surface area contributed by atoms with Crippen LogP contribution in [0.3, 0.4) is 0 Å². The molecular formula is C23H32N2O5S. The van der Waals surface area contributed by atoms with Crippen LogP contribution in [0.1, 0.15) is 30.9 Å². The van der Waals surface area contributed by atoms with Crippen LogP contribution >= 0.6 is 0 Å². The van der Waals surface area contributed by atoms with Gasteiger partial charge in [-0.2, -0.15) is 0 Å². The third kappa shape index (κ3) is 7.79. The van der Waals surface area contributed by atoms with Crippen molar-refractivity contribution in [2.75, 3.05) is 36.9 Å². The molecule has 0 unspecified atom stereocenters. The van der Waals surface area contributed by atoms with E-state index in [4.69, 9.17) is 9.47 Å². The number of benzene rings is 2. The highest BCUT2D eigenvalue weighted by molar-refractivity contribution is 7.92. The summed E-state index contributed by atoms with van der Waals surface area (Å²) in [5.74, 6) is 1.36. The Hall–Kier alpha value is -2.74. The minimum Gasteiger partial charge on any atom is -0.494 e. The number of hydrogen-bond donors (Lipinski definition) is 1. The quantitative estimate of drug-likeness (QED) is 0.503. The first-order chi connectivity index (χ1) is 14.7. The Balaban J connectivity index is 1.78. The molecule has 0 radical (unpaired) electrons. The largest absolute Gasteiger partial charge is 0.494 e. The summed E-state index contributed by atoms with van der Waals surface area (Å²) in [4.78, 5) is 12.1. The molecule has 0 spiro atoms. The fraction of sp³-hybridized carbons (Fsp3) is 0.435. The normalized spacial score (nSPS) is 11.1. The summed E-state index contributed by atoms with van der Waals surface area (Å²) in [7, 11) is -3.46. The topological polar surface area (TPSA) is 84.9 Å². The van der Waals surface area contributed by atoms with E-state index in [1.807, 2.05) is 39.0 Å². The van der Waals surface area contributed by atoms with Gasteiger partial charge in [-0.05, 0) is 68.7 Å². The van der Waals surface area contributed by atoms with Gasteiger partial charge in [0.05, 0.1) is 25.1 Å². The highest BCUT2D eigenvalue weighted by Crippen LogP contribution is 2.22. The van der Waals surface area contributed by atoms with Crippen LogP contribution in [0.4, 0.5) is 5.69 Å². The van der Waals surface area contributed by atoms with Crippen molar-refractivity contribution in [1.29, 1.82) is 0 Å². The smallest absolute Gasteiger partial charge is 0.232 e. The van der Waals surface area contributed by atoms with E-state index in [1.54, 1.807) is 24.3 Å². The van der Waals surface area contributed by atoms with Gasteiger partial charge in [0.15, 0.2) is 0 Å². The fourth-order valence-corrected chi connectivity index (χ4v) is 4.03. The number of nitrogens with one attached hydrogen (secondary N) is 1. The van der Waals surface area contributed by atoms with E-state index >= 15 is 0 Å². The number of amides is 1. The first kappa shape index (κ1) is 24.5. The Labute approximate surface area is 185 Å². The lowest BCUT2D eigenvalue weighted by atomic mass is 10.1. The monoisotopic (exact) mass is 448 g/mol. The number of aryl methyl sites for hydroxylation is 1. The van der Waals surface area contributed by atoms with Gasteiger partial charge in [-0.15, -0.1) is 0 Å². The third-order valence-electron chi connectivity index (χ3n) is 4.84. The van der Waals surface area contributed by atoms with Gasteiger partial charge in [-0.25, -0.2) is 8.42 Å². The first-order valence-electron chi connectivity index (χ1n) is 10.4. The Bertz CT molecular complexity index is 958. The Kier molecular flexibility index (Phi) is 9.18. The number of hydrogen-bond acceptors (Lipinski definition) is 5. The van der Waals surface area contributed by atoms with Crippen molar-refractivity contribution in [2.24, 2.45) is 0 Å². The molecule has 2 aromatic carbocycles. The van der Waals surface area contributed by atoms with Crippen LogP contribution in [0.25, 0.3) is 0 Å². The summed E-state index contributed by atoms with van der Waals surface area (Å²) in [6.45, 7) is 7.44. The summed E-state index contributed by atoms with van der Waals surface area (Å²) in [5, 5.41) is 2.81. The molecule has 2 aromatic rings. The molecule has 0 atom stereocenters. The number of carbonyl (C=O) groups excluding carboxylic acids is 1. The van der Waals surface area contributed by atoms with Crippen LogP contribution in [-0.2, 0) is 14.8 Å². The van der Waals surface area contributed by atoms with Crippen molar-refractivity contribution in [3.8, 4) is 11.5 Å². The molecule has 2 rings (SSSR count). The number of ether oxygens (including phenoxy) is 2. The lowest BCUT2D eigenvalue weighted by Gasteiger charge is -2.22. The van der Waals surface area contributed by atoms with Crippen molar-refractivity contribution < 1.29 is 22.7 Å². The summed E-state index contributed by atoms with van der Waals surface area (Å²) in [5.41, 5.74) is 2.79. The molecule has 0 bridgehead atoms. The molecular weight excluding hydrogens is 416 g/mol. The van der Waals surface area contributed by atoms with Crippen molar-refractivity contribution in [3.05, 3.63) is 53.6 Å². The molecule has 7 nitrogen and oxygen atoms in total. The predicted octanol–water partition coefficient (Wildman–Crippen LogP) is 3.44. The van der Waals surface area contributed by atoms with E-state index in [0.29, 0.717) is 37.6 Å². The standard InChI is InChI=1S/C23H32N2O5S/c1-5-29-21-13-11-20(12-14-21)25(31(4,27)28)16-7-10-23(26)24-15-17-30-22-9-6-8-18(2)19(22)3/h6,8-9,11-14H,5,7,10,15-17H2,1-4H3,(H,24,26). The molecule has 0 aliphatic carbocycles. The van der Waals surface area contributed by atoms with Crippen LogP contribution in [-0.4, -0.2) is 46.9 Å². The number of rotatable bonds is 12. The van der Waals surface area contributed by atoms with Gasteiger partial charge >= 0.3 is 0 Å². The summed E-state index contributed by atoms with van der Waals surface area (Å²) < 4.78 is 36.8. The van der Waals surface area contributed by atoms with E-state index < -0.39 is 10.0 Å². The maximum absolute atomic E-state index is 12.2. The number of sulfonamides is 1. The zero-order chi connectivity index (χ0) is 22.9. The number of nitrogens with zero attached hydrogens (tertiary/aromatic N) is 1. The first-order valence-corrected chi connectivity index (χ1v) is 12.2. The van der Waals surface area contributed by atoms with Crippen LogP contribution in [0.5, 0.6) is 11.5 Å². The van der Waals surface area contributed by atoms with Gasteiger partial charge < -0.3 is 14.8 Å². The molecule has 1 N–H and O–H groups in total. The molecule has 0 heterocycles. The van der Waals surface area contributed by atoms with Crippen LogP contribution < -0.4 is 19.1 Å². The predicted molar refractivity (Wildman–Crippen MR) is 123 cm³/mol. The van der Waals surface area contributed by atoms with Crippen LogP contribution in [0.2, 0.25) is 0 Å². The third-order valence-corrected chi connectivity index (χ3v) is 6.03. The van der Waals surface area contributed by atoms with Crippen molar-refractivity contribution >= 4 is 21.6 Å². The van der Waals surface area contributed by atoms with Gasteiger partial charge in [-0.3, -0.25) is 9.10 Å². The van der Waals surface area contributed by atoms with Gasteiger partial charge in [-0.1, -0.05) is 12.1 Å². The molecule has 0 aromatic heterocycles. The molecule has 31 heavy (non-hydrogen) atoms. The molecule has 1 amide bonds. The second-order valence-corrected chi connectivity index (χ2v) is 9.17. The molecule has 0 aliphatic heterocycles. The minimum atomic E-state index is -3.46. The lowest BCUT2D eigenvalue weighted by molar-refractivity contribution is -0.121. The van der Waals surface area contributed by atoms with E-state index in [-0.39, 0.29) is 18.9 Å². The molecule has 170 valence electrons. The summed E-state index contributed by atoms with van der Waals surface area (Å²) in [6, 6.07) is 12.8. The Morgan fingerprint density at radius 3 is 2.42 bits per heavy atom.